The van der Waals surface area contributed by atoms with Gasteiger partial charge in [-0.2, -0.15) is 0 Å². The molecule has 3 rings (SSSR count). The third kappa shape index (κ3) is 4.40. The summed E-state index contributed by atoms with van der Waals surface area (Å²) in [7, 11) is 0. The molecule has 0 aromatic carbocycles. The van der Waals surface area contributed by atoms with Crippen LogP contribution in [-0.4, -0.2) is 32.1 Å². The zero-order valence-corrected chi connectivity index (χ0v) is 17.1. The largest absolute Gasteiger partial charge is 0.383 e. The van der Waals surface area contributed by atoms with Gasteiger partial charge in [0.2, 0.25) is 5.91 Å². The van der Waals surface area contributed by atoms with E-state index in [2.05, 4.69) is 20.3 Å². The Labute approximate surface area is 169 Å². The molecule has 0 atom stereocenters. The highest BCUT2D eigenvalue weighted by Gasteiger charge is 2.23. The molecule has 1 aliphatic rings. The Balaban J connectivity index is 2.12. The van der Waals surface area contributed by atoms with Crippen LogP contribution in [0.4, 0.5) is 11.6 Å². The first kappa shape index (κ1) is 20.8. The highest BCUT2D eigenvalue weighted by atomic mass is 16.5. The molecule has 1 aliphatic carbocycles. The summed E-state index contributed by atoms with van der Waals surface area (Å²) in [6, 6.07) is 0.211. The van der Waals surface area contributed by atoms with E-state index in [1.807, 2.05) is 6.92 Å². The molecule has 0 spiro atoms. The van der Waals surface area contributed by atoms with E-state index in [0.29, 0.717) is 28.2 Å². The summed E-state index contributed by atoms with van der Waals surface area (Å²) in [6.45, 7) is 5.38. The second-order valence-electron chi connectivity index (χ2n) is 7.64. The molecule has 2 aromatic heterocycles. The van der Waals surface area contributed by atoms with Gasteiger partial charge in [-0.3, -0.25) is 14.8 Å². The van der Waals surface area contributed by atoms with Crippen molar-refractivity contribution in [3.63, 3.8) is 0 Å². The molecule has 2 aromatic rings. The Morgan fingerprint density at radius 2 is 1.90 bits per heavy atom. The number of H-pyrrole nitrogens is 1. The lowest BCUT2D eigenvalue weighted by Crippen LogP contribution is -2.28. The summed E-state index contributed by atoms with van der Waals surface area (Å²) < 4.78 is 0. The van der Waals surface area contributed by atoms with E-state index in [9.17, 15) is 9.59 Å². The SMILES string of the molecule is Cc1nc(N)c(-c2nc(NC3CCCCC3)c(=O)[nH]c2C)c(CC(=O)NO)c1C. The van der Waals surface area contributed by atoms with Gasteiger partial charge < -0.3 is 16.0 Å². The fourth-order valence-corrected chi connectivity index (χ4v) is 3.88. The van der Waals surface area contributed by atoms with Crippen LogP contribution in [0, 0.1) is 20.8 Å². The minimum Gasteiger partial charge on any atom is -0.383 e. The molecule has 6 N–H and O–H groups in total. The highest BCUT2D eigenvalue weighted by Crippen LogP contribution is 2.33. The van der Waals surface area contributed by atoms with Gasteiger partial charge in [-0.15, -0.1) is 0 Å². The summed E-state index contributed by atoms with van der Waals surface area (Å²) in [6.07, 6.45) is 5.38. The first-order chi connectivity index (χ1) is 13.8. The van der Waals surface area contributed by atoms with Crippen LogP contribution in [0.15, 0.2) is 4.79 Å². The average molecular weight is 400 g/mol. The number of aryl methyl sites for hydroxylation is 2. The third-order valence-electron chi connectivity index (χ3n) is 5.58. The van der Waals surface area contributed by atoms with Gasteiger partial charge in [-0.05, 0) is 44.7 Å². The summed E-state index contributed by atoms with van der Waals surface area (Å²) >= 11 is 0. The zero-order chi connectivity index (χ0) is 21.1. The monoisotopic (exact) mass is 400 g/mol. The molecule has 1 fully saturated rings. The normalized spacial score (nSPS) is 14.6. The van der Waals surface area contributed by atoms with Crippen LogP contribution in [0.5, 0.6) is 0 Å². The fraction of sp³-hybridized carbons (Fsp3) is 0.500. The van der Waals surface area contributed by atoms with Crippen molar-refractivity contribution in [1.29, 1.82) is 0 Å². The van der Waals surface area contributed by atoms with E-state index in [4.69, 9.17) is 10.9 Å². The van der Waals surface area contributed by atoms with E-state index in [1.165, 1.54) is 6.42 Å². The van der Waals surface area contributed by atoms with Crippen LogP contribution in [0.2, 0.25) is 0 Å². The number of nitrogens with two attached hydrogens (primary N) is 1. The van der Waals surface area contributed by atoms with E-state index < -0.39 is 5.91 Å². The van der Waals surface area contributed by atoms with Crippen molar-refractivity contribution in [2.45, 2.75) is 65.3 Å². The van der Waals surface area contributed by atoms with Gasteiger partial charge in [0.1, 0.15) is 5.82 Å². The van der Waals surface area contributed by atoms with Crippen LogP contribution in [-0.2, 0) is 11.2 Å². The van der Waals surface area contributed by atoms with Gasteiger partial charge in [0, 0.05) is 23.0 Å². The van der Waals surface area contributed by atoms with Gasteiger partial charge in [-0.1, -0.05) is 19.3 Å². The standard InChI is InChI=1S/C20H28N6O3/c1-10-11(2)22-18(21)16(14(10)9-15(27)26-29)17-12(3)23-20(28)19(25-17)24-13-7-5-4-6-8-13/h13,29H,4-9H2,1-3H3,(H2,21,22)(H,23,28)(H,24,25)(H,26,27). The van der Waals surface area contributed by atoms with Crippen molar-refractivity contribution in [3.05, 3.63) is 32.9 Å². The number of nitrogen functional groups attached to an aromatic ring is 1. The Morgan fingerprint density at radius 1 is 1.21 bits per heavy atom. The van der Waals surface area contributed by atoms with Crippen LogP contribution in [0.1, 0.15) is 54.6 Å². The Kier molecular flexibility index (Phi) is 6.17. The maximum Gasteiger partial charge on any atom is 0.290 e. The average Bonchev–Trinajstić information content (AvgIpc) is 2.69. The minimum atomic E-state index is -0.568. The molecule has 1 amide bonds. The van der Waals surface area contributed by atoms with Crippen LogP contribution >= 0.6 is 0 Å². The van der Waals surface area contributed by atoms with E-state index in [1.54, 1.807) is 19.3 Å². The maximum atomic E-state index is 12.5. The number of hydroxylamine groups is 1. The number of hydrogen-bond acceptors (Lipinski definition) is 7. The lowest BCUT2D eigenvalue weighted by Gasteiger charge is -2.23. The topological polar surface area (TPSA) is 146 Å². The second-order valence-corrected chi connectivity index (χ2v) is 7.64. The number of amides is 1. The van der Waals surface area contributed by atoms with Crippen LogP contribution in [0.25, 0.3) is 11.3 Å². The van der Waals surface area contributed by atoms with E-state index in [0.717, 1.165) is 31.2 Å². The first-order valence-corrected chi connectivity index (χ1v) is 9.88. The summed E-state index contributed by atoms with van der Waals surface area (Å²) in [5, 5.41) is 12.3. The van der Waals surface area contributed by atoms with Crippen molar-refractivity contribution in [2.24, 2.45) is 0 Å². The highest BCUT2D eigenvalue weighted by molar-refractivity contribution is 5.85. The van der Waals surface area contributed by atoms with Crippen LogP contribution in [0.3, 0.4) is 0 Å². The fourth-order valence-electron chi connectivity index (χ4n) is 3.88. The van der Waals surface area contributed by atoms with E-state index in [-0.39, 0.29) is 29.7 Å². The molecular formula is C20H28N6O3. The molecule has 0 aliphatic heterocycles. The molecular weight excluding hydrogens is 372 g/mol. The number of carbonyl (C=O) groups excluding carboxylic acids is 1. The molecule has 9 heteroatoms. The number of pyridine rings is 1. The Bertz CT molecular complexity index is 979. The first-order valence-electron chi connectivity index (χ1n) is 9.88. The molecule has 9 nitrogen and oxygen atoms in total. The molecule has 0 radical (unpaired) electrons. The summed E-state index contributed by atoms with van der Waals surface area (Å²) in [5.74, 6) is -0.102. The lowest BCUT2D eigenvalue weighted by atomic mass is 9.95. The third-order valence-corrected chi connectivity index (χ3v) is 5.58. The summed E-state index contributed by atoms with van der Waals surface area (Å²) in [4.78, 5) is 36.2. The number of hydrogen-bond donors (Lipinski definition) is 5. The number of anilines is 2. The van der Waals surface area contributed by atoms with Crippen molar-refractivity contribution in [1.82, 2.24) is 20.4 Å². The molecule has 156 valence electrons. The number of nitrogens with one attached hydrogen (secondary N) is 3. The van der Waals surface area contributed by atoms with Crippen molar-refractivity contribution in [3.8, 4) is 11.3 Å². The van der Waals surface area contributed by atoms with Gasteiger partial charge in [-0.25, -0.2) is 15.4 Å². The number of rotatable bonds is 5. The predicted octanol–water partition coefficient (Wildman–Crippen LogP) is 2.13. The number of aromatic amines is 1. The molecule has 1 saturated carbocycles. The molecule has 2 heterocycles. The number of aromatic nitrogens is 3. The van der Waals surface area contributed by atoms with Gasteiger partial charge in [0.05, 0.1) is 12.1 Å². The quantitative estimate of drug-likeness (QED) is 0.382. The Hall–Kier alpha value is -2.94. The molecule has 29 heavy (non-hydrogen) atoms. The van der Waals surface area contributed by atoms with Crippen molar-refractivity contribution in [2.75, 3.05) is 11.1 Å². The number of carbonyl (C=O) groups is 1. The van der Waals surface area contributed by atoms with Crippen LogP contribution < -0.4 is 22.1 Å². The van der Waals surface area contributed by atoms with Crippen molar-refractivity contribution < 1.29 is 10.0 Å². The predicted molar refractivity (Wildman–Crippen MR) is 111 cm³/mol. The summed E-state index contributed by atoms with van der Waals surface area (Å²) in [5.41, 5.74) is 11.2. The van der Waals surface area contributed by atoms with Gasteiger partial charge >= 0.3 is 0 Å². The molecule has 0 unspecified atom stereocenters. The molecule has 0 saturated heterocycles. The lowest BCUT2D eigenvalue weighted by molar-refractivity contribution is -0.128. The van der Waals surface area contributed by atoms with Gasteiger partial charge in [0.25, 0.3) is 5.56 Å². The van der Waals surface area contributed by atoms with E-state index >= 15 is 0 Å². The smallest absolute Gasteiger partial charge is 0.290 e. The second kappa shape index (κ2) is 8.60. The molecule has 0 bridgehead atoms. The zero-order valence-electron chi connectivity index (χ0n) is 17.1. The minimum absolute atomic E-state index is 0.0864. The van der Waals surface area contributed by atoms with Gasteiger partial charge in [0.15, 0.2) is 5.82 Å². The Morgan fingerprint density at radius 3 is 2.55 bits per heavy atom. The van der Waals surface area contributed by atoms with Crippen molar-refractivity contribution >= 4 is 17.5 Å². The maximum absolute atomic E-state index is 12.5. The number of nitrogens with zero attached hydrogens (tertiary/aromatic N) is 2.